The average molecular weight is 299 g/mol. The van der Waals surface area contributed by atoms with Gasteiger partial charge in [-0.05, 0) is 39.7 Å². The summed E-state index contributed by atoms with van der Waals surface area (Å²) in [6.07, 6.45) is 5.03. The molecule has 0 aromatic heterocycles. The van der Waals surface area contributed by atoms with Crippen LogP contribution in [0.4, 0.5) is 4.79 Å². The Kier molecular flexibility index (Phi) is 7.50. The van der Waals surface area contributed by atoms with Crippen molar-refractivity contribution in [1.82, 2.24) is 15.5 Å². The fourth-order valence-electron chi connectivity index (χ4n) is 2.64. The zero-order valence-electron chi connectivity index (χ0n) is 13.4. The Morgan fingerprint density at radius 2 is 1.86 bits per heavy atom. The van der Waals surface area contributed by atoms with Gasteiger partial charge in [0.05, 0.1) is 0 Å². The second-order valence-corrected chi connectivity index (χ2v) is 6.19. The third-order valence-corrected chi connectivity index (χ3v) is 4.31. The summed E-state index contributed by atoms with van der Waals surface area (Å²) in [5.41, 5.74) is 0. The van der Waals surface area contributed by atoms with E-state index in [9.17, 15) is 14.7 Å². The van der Waals surface area contributed by atoms with Crippen molar-refractivity contribution >= 4 is 12.0 Å². The number of carboxylic acid groups (broad SMARTS) is 1. The molecule has 6 heteroatoms. The Labute approximate surface area is 127 Å². The molecular weight excluding hydrogens is 270 g/mol. The summed E-state index contributed by atoms with van der Waals surface area (Å²) < 4.78 is 0. The molecule has 0 spiro atoms. The summed E-state index contributed by atoms with van der Waals surface area (Å²) in [6.45, 7) is 5.43. The standard InChI is InChI=1S/C15H29N3O3/c1-11(2)18(3)10-9-16-15(21)17-13(14(19)20)12-7-5-4-6-8-12/h11-13H,4-10H2,1-3H3,(H,19,20)(H2,16,17,21). The van der Waals surface area contributed by atoms with Gasteiger partial charge in [0.2, 0.25) is 0 Å². The summed E-state index contributed by atoms with van der Waals surface area (Å²) in [5, 5.41) is 14.7. The number of carbonyl (C=O) groups excluding carboxylic acids is 1. The summed E-state index contributed by atoms with van der Waals surface area (Å²) >= 11 is 0. The Morgan fingerprint density at radius 1 is 1.24 bits per heavy atom. The lowest BCUT2D eigenvalue weighted by molar-refractivity contribution is -0.141. The van der Waals surface area contributed by atoms with Crippen molar-refractivity contribution in [3.8, 4) is 0 Å². The molecule has 0 aromatic rings. The normalized spacial score (nSPS) is 17.8. The molecule has 6 nitrogen and oxygen atoms in total. The maximum atomic E-state index is 11.8. The number of hydrogen-bond donors (Lipinski definition) is 3. The Morgan fingerprint density at radius 3 is 2.38 bits per heavy atom. The maximum Gasteiger partial charge on any atom is 0.326 e. The van der Waals surface area contributed by atoms with Crippen LogP contribution in [-0.2, 0) is 4.79 Å². The van der Waals surface area contributed by atoms with Crippen LogP contribution in [0.1, 0.15) is 46.0 Å². The molecule has 1 aliphatic rings. The van der Waals surface area contributed by atoms with E-state index in [1.807, 2.05) is 7.05 Å². The van der Waals surface area contributed by atoms with Crippen LogP contribution >= 0.6 is 0 Å². The monoisotopic (exact) mass is 299 g/mol. The number of urea groups is 1. The first-order valence-electron chi connectivity index (χ1n) is 7.89. The van der Waals surface area contributed by atoms with Gasteiger partial charge in [0.1, 0.15) is 6.04 Å². The molecule has 21 heavy (non-hydrogen) atoms. The van der Waals surface area contributed by atoms with E-state index < -0.39 is 12.0 Å². The molecule has 2 amide bonds. The Balaban J connectivity index is 2.37. The van der Waals surface area contributed by atoms with Gasteiger partial charge in [-0.1, -0.05) is 19.3 Å². The van der Waals surface area contributed by atoms with Crippen LogP contribution in [0.2, 0.25) is 0 Å². The summed E-state index contributed by atoms with van der Waals surface area (Å²) in [7, 11) is 1.99. The van der Waals surface area contributed by atoms with E-state index in [4.69, 9.17) is 0 Å². The summed E-state index contributed by atoms with van der Waals surface area (Å²) in [4.78, 5) is 25.3. The molecule has 0 aliphatic heterocycles. The quantitative estimate of drug-likeness (QED) is 0.668. The second-order valence-electron chi connectivity index (χ2n) is 6.19. The van der Waals surface area contributed by atoms with E-state index in [1.54, 1.807) is 0 Å². The van der Waals surface area contributed by atoms with Gasteiger partial charge < -0.3 is 20.6 Å². The largest absolute Gasteiger partial charge is 0.480 e. The van der Waals surface area contributed by atoms with Crippen molar-refractivity contribution < 1.29 is 14.7 Å². The number of rotatable bonds is 7. The van der Waals surface area contributed by atoms with Crippen molar-refractivity contribution in [3.63, 3.8) is 0 Å². The average Bonchev–Trinajstić information content (AvgIpc) is 2.45. The molecule has 122 valence electrons. The van der Waals surface area contributed by atoms with Gasteiger partial charge in [0, 0.05) is 19.1 Å². The predicted octanol–water partition coefficient (Wildman–Crippen LogP) is 1.66. The number of amides is 2. The first-order valence-corrected chi connectivity index (χ1v) is 7.89. The van der Waals surface area contributed by atoms with Crippen LogP contribution in [0, 0.1) is 5.92 Å². The molecule has 1 unspecified atom stereocenters. The molecule has 1 atom stereocenters. The molecule has 0 heterocycles. The number of carbonyl (C=O) groups is 2. The number of aliphatic carboxylic acids is 1. The van der Waals surface area contributed by atoms with Crippen LogP contribution in [0.5, 0.6) is 0 Å². The molecule has 0 saturated heterocycles. The van der Waals surface area contributed by atoms with Crippen molar-refractivity contribution in [1.29, 1.82) is 0 Å². The number of nitrogens with one attached hydrogen (secondary N) is 2. The zero-order valence-corrected chi connectivity index (χ0v) is 13.4. The van der Waals surface area contributed by atoms with Crippen LogP contribution in [0.3, 0.4) is 0 Å². The number of nitrogens with zero attached hydrogens (tertiary/aromatic N) is 1. The lowest BCUT2D eigenvalue weighted by Gasteiger charge is -2.28. The molecule has 1 fully saturated rings. The molecule has 0 radical (unpaired) electrons. The molecule has 1 rings (SSSR count). The van der Waals surface area contributed by atoms with E-state index in [1.165, 1.54) is 0 Å². The predicted molar refractivity (Wildman–Crippen MR) is 82.3 cm³/mol. The minimum Gasteiger partial charge on any atom is -0.480 e. The zero-order chi connectivity index (χ0) is 15.8. The Bertz CT molecular complexity index is 341. The lowest BCUT2D eigenvalue weighted by atomic mass is 9.84. The van der Waals surface area contributed by atoms with Crippen LogP contribution in [0.15, 0.2) is 0 Å². The first kappa shape index (κ1) is 17.8. The summed E-state index contributed by atoms with van der Waals surface area (Å²) in [6, 6.07) is -0.734. The lowest BCUT2D eigenvalue weighted by Crippen LogP contribution is -2.51. The van der Waals surface area contributed by atoms with E-state index >= 15 is 0 Å². The molecule has 1 aliphatic carbocycles. The van der Waals surface area contributed by atoms with Crippen molar-refractivity contribution in [2.45, 2.75) is 58.0 Å². The van der Waals surface area contributed by atoms with Gasteiger partial charge in [0.25, 0.3) is 0 Å². The van der Waals surface area contributed by atoms with Crippen LogP contribution < -0.4 is 10.6 Å². The van der Waals surface area contributed by atoms with Gasteiger partial charge in [-0.15, -0.1) is 0 Å². The Hall–Kier alpha value is -1.30. The van der Waals surface area contributed by atoms with Crippen molar-refractivity contribution in [2.24, 2.45) is 5.92 Å². The SMILES string of the molecule is CC(C)N(C)CCNC(=O)NC(C(=O)O)C1CCCCC1. The van der Waals surface area contributed by atoms with Crippen molar-refractivity contribution in [3.05, 3.63) is 0 Å². The highest BCUT2D eigenvalue weighted by molar-refractivity contribution is 5.82. The minimum atomic E-state index is -0.934. The molecule has 3 N–H and O–H groups in total. The molecule has 0 bridgehead atoms. The molecular formula is C15H29N3O3. The third-order valence-electron chi connectivity index (χ3n) is 4.31. The number of likely N-dealkylation sites (N-methyl/N-ethyl adjacent to an activating group) is 1. The van der Waals surface area contributed by atoms with Gasteiger partial charge >= 0.3 is 12.0 Å². The highest BCUT2D eigenvalue weighted by Gasteiger charge is 2.30. The van der Waals surface area contributed by atoms with E-state index in [0.29, 0.717) is 12.6 Å². The number of hydrogen-bond acceptors (Lipinski definition) is 3. The van der Waals surface area contributed by atoms with E-state index in [-0.39, 0.29) is 11.9 Å². The fraction of sp³-hybridized carbons (Fsp3) is 0.867. The van der Waals surface area contributed by atoms with E-state index in [0.717, 1.165) is 38.6 Å². The first-order chi connectivity index (χ1) is 9.91. The van der Waals surface area contributed by atoms with E-state index in [2.05, 4.69) is 29.4 Å². The van der Waals surface area contributed by atoms with Crippen LogP contribution in [0.25, 0.3) is 0 Å². The fourth-order valence-corrected chi connectivity index (χ4v) is 2.64. The molecule has 0 aromatic carbocycles. The van der Waals surface area contributed by atoms with Gasteiger partial charge in [-0.2, -0.15) is 0 Å². The van der Waals surface area contributed by atoms with Gasteiger partial charge in [-0.25, -0.2) is 9.59 Å². The summed E-state index contributed by atoms with van der Waals surface area (Å²) in [5.74, 6) is -0.878. The highest BCUT2D eigenvalue weighted by atomic mass is 16.4. The van der Waals surface area contributed by atoms with Gasteiger partial charge in [-0.3, -0.25) is 0 Å². The van der Waals surface area contributed by atoms with Crippen LogP contribution in [-0.4, -0.2) is 54.2 Å². The van der Waals surface area contributed by atoms with Crippen molar-refractivity contribution in [2.75, 3.05) is 20.1 Å². The highest BCUT2D eigenvalue weighted by Crippen LogP contribution is 2.26. The maximum absolute atomic E-state index is 11.8. The molecule has 1 saturated carbocycles. The topological polar surface area (TPSA) is 81.7 Å². The minimum absolute atomic E-state index is 0.0559. The van der Waals surface area contributed by atoms with Gasteiger partial charge in [0.15, 0.2) is 0 Å². The smallest absolute Gasteiger partial charge is 0.326 e. The third kappa shape index (κ3) is 6.33. The second kappa shape index (κ2) is 8.87. The number of carboxylic acids is 1.